The molecule has 0 bridgehead atoms. The van der Waals surface area contributed by atoms with Crippen molar-refractivity contribution in [2.75, 3.05) is 5.32 Å². The zero-order chi connectivity index (χ0) is 13.2. The number of benzene rings is 1. The Morgan fingerprint density at radius 2 is 2.16 bits per heavy atom. The van der Waals surface area contributed by atoms with E-state index in [9.17, 15) is 4.79 Å². The number of anilines is 1. The Morgan fingerprint density at radius 3 is 2.89 bits per heavy atom. The highest BCUT2D eigenvalue weighted by Crippen LogP contribution is 2.19. The van der Waals surface area contributed by atoms with Gasteiger partial charge in [-0.1, -0.05) is 12.1 Å². The summed E-state index contributed by atoms with van der Waals surface area (Å²) in [6.45, 7) is 2.74. The second-order valence-corrected chi connectivity index (χ2v) is 4.10. The monoisotopic (exact) mass is 255 g/mol. The molecule has 1 amide bonds. The van der Waals surface area contributed by atoms with E-state index in [4.69, 9.17) is 4.42 Å². The second-order valence-electron chi connectivity index (χ2n) is 4.10. The van der Waals surface area contributed by atoms with Gasteiger partial charge >= 0.3 is 0 Å². The largest absolute Gasteiger partial charge is 0.459 e. The number of para-hydroxylation sites is 2. The van der Waals surface area contributed by atoms with E-state index < -0.39 is 0 Å². The summed E-state index contributed by atoms with van der Waals surface area (Å²) in [5.74, 6) is 0.509. The van der Waals surface area contributed by atoms with Crippen LogP contribution in [0.3, 0.4) is 0 Å². The summed E-state index contributed by atoms with van der Waals surface area (Å²) in [7, 11) is 0. The van der Waals surface area contributed by atoms with Crippen LogP contribution < -0.4 is 5.32 Å². The molecule has 5 nitrogen and oxygen atoms in total. The van der Waals surface area contributed by atoms with Crippen LogP contribution in [0.25, 0.3) is 11.0 Å². The van der Waals surface area contributed by atoms with Crippen molar-refractivity contribution in [1.29, 1.82) is 0 Å². The lowest BCUT2D eigenvalue weighted by Gasteiger charge is -2.06. The van der Waals surface area contributed by atoms with Crippen molar-refractivity contribution in [3.05, 3.63) is 48.4 Å². The third-order valence-electron chi connectivity index (χ3n) is 2.94. The number of hydrogen-bond donors (Lipinski definition) is 1. The van der Waals surface area contributed by atoms with E-state index in [0.717, 1.165) is 17.6 Å². The fourth-order valence-electron chi connectivity index (χ4n) is 2.06. The lowest BCUT2D eigenvalue weighted by atomic mass is 10.3. The molecule has 0 aliphatic carbocycles. The Labute approximate surface area is 109 Å². The molecular weight excluding hydrogens is 242 g/mol. The molecule has 96 valence electrons. The van der Waals surface area contributed by atoms with E-state index in [0.29, 0.717) is 5.95 Å². The van der Waals surface area contributed by atoms with Crippen LogP contribution >= 0.6 is 0 Å². The van der Waals surface area contributed by atoms with E-state index in [1.54, 1.807) is 12.1 Å². The zero-order valence-electron chi connectivity index (χ0n) is 10.5. The highest BCUT2D eigenvalue weighted by atomic mass is 16.3. The van der Waals surface area contributed by atoms with Gasteiger partial charge in [0, 0.05) is 6.54 Å². The Kier molecular flexibility index (Phi) is 2.79. The number of carbonyl (C=O) groups excluding carboxylic acids is 1. The van der Waals surface area contributed by atoms with Gasteiger partial charge in [0.1, 0.15) is 0 Å². The molecule has 2 aromatic heterocycles. The smallest absolute Gasteiger partial charge is 0.293 e. The SMILES string of the molecule is CCn1c(NC(=O)c2ccco2)nc2ccccc21. The van der Waals surface area contributed by atoms with E-state index in [2.05, 4.69) is 10.3 Å². The van der Waals surface area contributed by atoms with Crippen molar-refractivity contribution >= 4 is 22.9 Å². The van der Waals surface area contributed by atoms with Crippen LogP contribution in [0.15, 0.2) is 47.1 Å². The lowest BCUT2D eigenvalue weighted by molar-refractivity contribution is 0.0995. The third-order valence-corrected chi connectivity index (χ3v) is 2.94. The van der Waals surface area contributed by atoms with Gasteiger partial charge in [0.05, 0.1) is 17.3 Å². The Morgan fingerprint density at radius 1 is 1.32 bits per heavy atom. The van der Waals surface area contributed by atoms with Crippen LogP contribution in [-0.2, 0) is 6.54 Å². The molecule has 3 rings (SSSR count). The Hall–Kier alpha value is -2.56. The maximum absolute atomic E-state index is 12.0. The number of nitrogens with zero attached hydrogens (tertiary/aromatic N) is 2. The molecule has 0 saturated carbocycles. The number of rotatable bonds is 3. The summed E-state index contributed by atoms with van der Waals surface area (Å²) >= 11 is 0. The number of fused-ring (bicyclic) bond motifs is 1. The first-order valence-corrected chi connectivity index (χ1v) is 6.09. The summed E-state index contributed by atoms with van der Waals surface area (Å²) in [5, 5.41) is 2.77. The number of aryl methyl sites for hydroxylation is 1. The van der Waals surface area contributed by atoms with Gasteiger partial charge in [0.25, 0.3) is 5.91 Å². The van der Waals surface area contributed by atoms with Crippen LogP contribution in [0.2, 0.25) is 0 Å². The van der Waals surface area contributed by atoms with Crippen LogP contribution in [0, 0.1) is 0 Å². The minimum atomic E-state index is -0.296. The van der Waals surface area contributed by atoms with Crippen molar-refractivity contribution < 1.29 is 9.21 Å². The minimum Gasteiger partial charge on any atom is -0.459 e. The summed E-state index contributed by atoms with van der Waals surface area (Å²) in [4.78, 5) is 16.4. The molecule has 0 aliphatic rings. The maximum Gasteiger partial charge on any atom is 0.293 e. The zero-order valence-corrected chi connectivity index (χ0v) is 10.5. The molecule has 5 heteroatoms. The maximum atomic E-state index is 12.0. The van der Waals surface area contributed by atoms with Crippen molar-refractivity contribution in [2.24, 2.45) is 0 Å². The summed E-state index contributed by atoms with van der Waals surface area (Å²) < 4.78 is 7.02. The number of hydrogen-bond acceptors (Lipinski definition) is 3. The predicted octanol–water partition coefficient (Wildman–Crippen LogP) is 2.90. The van der Waals surface area contributed by atoms with Crippen molar-refractivity contribution in [3.8, 4) is 0 Å². The van der Waals surface area contributed by atoms with Gasteiger partial charge < -0.3 is 8.98 Å². The van der Waals surface area contributed by atoms with Gasteiger partial charge in [-0.3, -0.25) is 10.1 Å². The third kappa shape index (κ3) is 1.99. The molecule has 0 saturated heterocycles. The predicted molar refractivity (Wildman–Crippen MR) is 72.1 cm³/mol. The highest BCUT2D eigenvalue weighted by molar-refractivity contribution is 6.02. The number of furan rings is 1. The second kappa shape index (κ2) is 4.61. The van der Waals surface area contributed by atoms with Crippen molar-refractivity contribution in [2.45, 2.75) is 13.5 Å². The first-order valence-electron chi connectivity index (χ1n) is 6.09. The van der Waals surface area contributed by atoms with E-state index in [-0.39, 0.29) is 11.7 Å². The normalized spacial score (nSPS) is 10.8. The van der Waals surface area contributed by atoms with Gasteiger partial charge in [-0.25, -0.2) is 4.98 Å². The molecule has 1 aromatic carbocycles. The lowest BCUT2D eigenvalue weighted by Crippen LogP contribution is -2.15. The standard InChI is InChI=1S/C14H13N3O2/c1-2-17-11-7-4-3-6-10(11)15-14(17)16-13(18)12-8-5-9-19-12/h3-9H,2H2,1H3,(H,15,16,18). The molecule has 3 aromatic rings. The van der Waals surface area contributed by atoms with Gasteiger partial charge in [-0.15, -0.1) is 0 Å². The van der Waals surface area contributed by atoms with E-state index >= 15 is 0 Å². The average Bonchev–Trinajstić information content (AvgIpc) is 3.05. The minimum absolute atomic E-state index is 0.273. The quantitative estimate of drug-likeness (QED) is 0.782. The molecule has 0 radical (unpaired) electrons. The molecule has 0 fully saturated rings. The van der Waals surface area contributed by atoms with Crippen LogP contribution in [-0.4, -0.2) is 15.5 Å². The summed E-state index contributed by atoms with van der Waals surface area (Å²) in [6, 6.07) is 11.1. The molecule has 0 aliphatic heterocycles. The molecule has 0 atom stereocenters. The van der Waals surface area contributed by atoms with Gasteiger partial charge in [-0.05, 0) is 31.2 Å². The van der Waals surface area contributed by atoms with Crippen molar-refractivity contribution in [3.63, 3.8) is 0 Å². The number of amides is 1. The highest BCUT2D eigenvalue weighted by Gasteiger charge is 2.14. The summed E-state index contributed by atoms with van der Waals surface area (Å²) in [6.07, 6.45) is 1.47. The van der Waals surface area contributed by atoms with E-state index in [1.165, 1.54) is 6.26 Å². The molecule has 0 unspecified atom stereocenters. The van der Waals surface area contributed by atoms with Gasteiger partial charge in [0.2, 0.25) is 5.95 Å². The van der Waals surface area contributed by atoms with Crippen LogP contribution in [0.1, 0.15) is 17.5 Å². The fraction of sp³-hybridized carbons (Fsp3) is 0.143. The first kappa shape index (κ1) is 11.5. The number of nitrogens with one attached hydrogen (secondary N) is 1. The van der Waals surface area contributed by atoms with Gasteiger partial charge in [0.15, 0.2) is 5.76 Å². The Balaban J connectivity index is 1.99. The molecular formula is C14H13N3O2. The van der Waals surface area contributed by atoms with Crippen molar-refractivity contribution in [1.82, 2.24) is 9.55 Å². The number of aromatic nitrogens is 2. The van der Waals surface area contributed by atoms with E-state index in [1.807, 2.05) is 35.8 Å². The van der Waals surface area contributed by atoms with Crippen LogP contribution in [0.5, 0.6) is 0 Å². The summed E-state index contributed by atoms with van der Waals surface area (Å²) in [5.41, 5.74) is 1.86. The fourth-order valence-corrected chi connectivity index (χ4v) is 2.06. The first-order chi connectivity index (χ1) is 9.29. The topological polar surface area (TPSA) is 60.1 Å². The molecule has 0 spiro atoms. The molecule has 1 N–H and O–H groups in total. The molecule has 2 heterocycles. The Bertz CT molecular complexity index is 713. The van der Waals surface area contributed by atoms with Gasteiger partial charge in [-0.2, -0.15) is 0 Å². The number of carbonyl (C=O) groups is 1. The number of imidazole rings is 1. The molecule has 19 heavy (non-hydrogen) atoms. The van der Waals surface area contributed by atoms with Crippen LogP contribution in [0.4, 0.5) is 5.95 Å². The average molecular weight is 255 g/mol.